The molecule has 4 aromatic rings. The van der Waals surface area contributed by atoms with Crippen molar-refractivity contribution in [3.05, 3.63) is 100 Å². The van der Waals surface area contributed by atoms with Crippen LogP contribution in [0, 0.1) is 30.4 Å². The van der Waals surface area contributed by atoms with Crippen LogP contribution in [0.3, 0.4) is 0 Å². The van der Waals surface area contributed by atoms with E-state index < -0.39 is 11.6 Å². The highest BCUT2D eigenvalue weighted by atomic mass is 19.1. The van der Waals surface area contributed by atoms with Gasteiger partial charge in [-0.25, -0.2) is 18.3 Å². The lowest BCUT2D eigenvalue weighted by Gasteiger charge is -2.35. The van der Waals surface area contributed by atoms with Gasteiger partial charge in [0.15, 0.2) is 11.4 Å². The minimum absolute atomic E-state index is 0.0810. The number of nitrogens with zero attached hydrogens (tertiary/aromatic N) is 5. The Kier molecular flexibility index (Phi) is 6.35. The van der Waals surface area contributed by atoms with Crippen LogP contribution < -0.4 is 0 Å². The Bertz CT molecular complexity index is 1560. The molecule has 2 atom stereocenters. The van der Waals surface area contributed by atoms with Crippen LogP contribution in [0.1, 0.15) is 51.3 Å². The van der Waals surface area contributed by atoms with Crippen molar-refractivity contribution >= 4 is 17.1 Å². The number of likely N-dealkylation sites (tertiary alicyclic amines) is 1. The molecule has 0 bridgehead atoms. The van der Waals surface area contributed by atoms with Gasteiger partial charge in [-0.15, -0.1) is 0 Å². The number of ketones is 1. The maximum atomic E-state index is 14.2. The number of carbonyl (C=O) groups excluding carboxylic acids is 1. The highest BCUT2D eigenvalue weighted by molar-refractivity contribution is 6.16. The third-order valence-corrected chi connectivity index (χ3v) is 7.64. The fraction of sp³-hybridized carbons (Fsp3) is 0.333. The van der Waals surface area contributed by atoms with Gasteiger partial charge in [-0.1, -0.05) is 18.2 Å². The first-order valence-corrected chi connectivity index (χ1v) is 13.0. The molecule has 0 amide bonds. The number of pyridine rings is 1. The Morgan fingerprint density at radius 3 is 2.66 bits per heavy atom. The zero-order valence-electron chi connectivity index (χ0n) is 21.5. The van der Waals surface area contributed by atoms with Gasteiger partial charge < -0.3 is 4.90 Å². The molecule has 0 saturated carbocycles. The van der Waals surface area contributed by atoms with Crippen molar-refractivity contribution in [3.63, 3.8) is 0 Å². The number of aryl methyl sites for hydroxylation is 1. The van der Waals surface area contributed by atoms with Crippen molar-refractivity contribution < 1.29 is 13.6 Å². The zero-order valence-corrected chi connectivity index (χ0v) is 21.5. The number of Topliss-reactive ketones (excluding diaryl/α,β-unsaturated/α-hetero) is 1. The number of aliphatic imine (C=N–C) groups is 1. The van der Waals surface area contributed by atoms with E-state index in [-0.39, 0.29) is 23.2 Å². The van der Waals surface area contributed by atoms with E-state index in [0.717, 1.165) is 47.6 Å². The van der Waals surface area contributed by atoms with Gasteiger partial charge in [-0.2, -0.15) is 5.10 Å². The number of rotatable bonds is 6. The van der Waals surface area contributed by atoms with Gasteiger partial charge in [0.2, 0.25) is 0 Å². The second-order valence-electron chi connectivity index (χ2n) is 10.6. The summed E-state index contributed by atoms with van der Waals surface area (Å²) in [6.45, 7) is 3.98. The molecule has 8 heteroatoms. The van der Waals surface area contributed by atoms with Crippen molar-refractivity contribution in [2.24, 2.45) is 16.8 Å². The van der Waals surface area contributed by atoms with E-state index in [1.54, 1.807) is 4.52 Å². The molecule has 2 aromatic carbocycles. The predicted octanol–water partition coefficient (Wildman–Crippen LogP) is 5.05. The predicted molar refractivity (Wildman–Crippen MR) is 142 cm³/mol. The first-order valence-electron chi connectivity index (χ1n) is 13.0. The summed E-state index contributed by atoms with van der Waals surface area (Å²) in [4.78, 5) is 24.7. The molecule has 4 heterocycles. The van der Waals surface area contributed by atoms with Gasteiger partial charge in [-0.3, -0.25) is 9.79 Å². The van der Waals surface area contributed by atoms with Crippen LogP contribution in [0.15, 0.2) is 59.7 Å². The average molecular weight is 514 g/mol. The number of hydrogen-bond acceptors (Lipinski definition) is 5. The summed E-state index contributed by atoms with van der Waals surface area (Å²) >= 11 is 0. The molecule has 0 radical (unpaired) electrons. The third-order valence-electron chi connectivity index (χ3n) is 7.64. The first kappa shape index (κ1) is 24.6. The van der Waals surface area contributed by atoms with E-state index in [4.69, 9.17) is 4.99 Å². The summed E-state index contributed by atoms with van der Waals surface area (Å²) in [6, 6.07) is 13.8. The lowest BCUT2D eigenvalue weighted by Crippen LogP contribution is -2.39. The monoisotopic (exact) mass is 513 g/mol. The van der Waals surface area contributed by atoms with Crippen LogP contribution in [0.2, 0.25) is 0 Å². The van der Waals surface area contributed by atoms with Gasteiger partial charge in [0.05, 0.1) is 12.3 Å². The number of hydrogen-bond donors (Lipinski definition) is 0. The molecule has 1 saturated heterocycles. The molecule has 2 aliphatic heterocycles. The van der Waals surface area contributed by atoms with Crippen molar-refractivity contribution in [2.75, 3.05) is 20.1 Å². The molecule has 0 spiro atoms. The largest absolute Gasteiger partial charge is 0.306 e. The lowest BCUT2D eigenvalue weighted by molar-refractivity contribution is 0.0892. The Labute approximate surface area is 220 Å². The molecule has 0 N–H and O–H groups in total. The van der Waals surface area contributed by atoms with Crippen LogP contribution in [-0.2, 0) is 13.0 Å². The van der Waals surface area contributed by atoms with Gasteiger partial charge in [0.25, 0.3) is 0 Å². The number of fused-ring (bicyclic) bond motifs is 2. The summed E-state index contributed by atoms with van der Waals surface area (Å²) in [5.41, 5.74) is 5.44. The van der Waals surface area contributed by atoms with Crippen molar-refractivity contribution in [3.8, 4) is 0 Å². The van der Waals surface area contributed by atoms with Gasteiger partial charge in [0, 0.05) is 48.0 Å². The average Bonchev–Trinajstić information content (AvgIpc) is 3.47. The molecule has 1 fully saturated rings. The topological polar surface area (TPSA) is 62.9 Å². The summed E-state index contributed by atoms with van der Waals surface area (Å²) < 4.78 is 30.2. The molecule has 6 nitrogen and oxygen atoms in total. The second-order valence-corrected chi connectivity index (χ2v) is 10.6. The molecule has 2 aliphatic rings. The number of benzene rings is 2. The zero-order chi connectivity index (χ0) is 26.4. The lowest BCUT2D eigenvalue weighted by atomic mass is 9.82. The Balaban J connectivity index is 1.18. The summed E-state index contributed by atoms with van der Waals surface area (Å²) in [7, 11) is 2.01. The van der Waals surface area contributed by atoms with E-state index in [1.165, 1.54) is 18.2 Å². The first-order chi connectivity index (χ1) is 18.3. The number of aromatic nitrogens is 3. The maximum absolute atomic E-state index is 14.2. The Morgan fingerprint density at radius 1 is 1.05 bits per heavy atom. The van der Waals surface area contributed by atoms with E-state index in [1.807, 2.05) is 50.5 Å². The van der Waals surface area contributed by atoms with E-state index in [9.17, 15) is 13.6 Å². The van der Waals surface area contributed by atoms with Gasteiger partial charge in [0.1, 0.15) is 17.5 Å². The smallest absolute Gasteiger partial charge is 0.163 e. The van der Waals surface area contributed by atoms with E-state index in [0.29, 0.717) is 30.8 Å². The van der Waals surface area contributed by atoms with Crippen LogP contribution >= 0.6 is 0 Å². The maximum Gasteiger partial charge on any atom is 0.163 e. The number of piperidine rings is 1. The quantitative estimate of drug-likeness (QED) is 0.339. The van der Waals surface area contributed by atoms with Crippen LogP contribution in [0.5, 0.6) is 0 Å². The SMILES string of the molecule is Cc1nc2ccc(C3=NCc4ccc(C(=O)C[C@@H]5C[C@H](Cc6c(F)cccc6F)CN(C)C5)cc43)cn2n1. The Morgan fingerprint density at radius 2 is 1.84 bits per heavy atom. The molecule has 194 valence electrons. The minimum Gasteiger partial charge on any atom is -0.306 e. The highest BCUT2D eigenvalue weighted by Gasteiger charge is 2.29. The van der Waals surface area contributed by atoms with E-state index >= 15 is 0 Å². The molecule has 0 aliphatic carbocycles. The number of halogens is 2. The number of carbonyl (C=O) groups is 1. The summed E-state index contributed by atoms with van der Waals surface area (Å²) in [5.74, 6) is 0.00238. The summed E-state index contributed by atoms with van der Waals surface area (Å²) in [5, 5.41) is 4.41. The second kappa shape index (κ2) is 9.83. The fourth-order valence-electron chi connectivity index (χ4n) is 6.01. The van der Waals surface area contributed by atoms with E-state index in [2.05, 4.69) is 15.0 Å². The van der Waals surface area contributed by atoms with Gasteiger partial charge >= 0.3 is 0 Å². The Hall–Kier alpha value is -3.78. The molecule has 38 heavy (non-hydrogen) atoms. The molecular formula is C30H29F2N5O. The summed E-state index contributed by atoms with van der Waals surface area (Å²) in [6.07, 6.45) is 3.42. The molecule has 6 rings (SSSR count). The molecule has 0 unspecified atom stereocenters. The molecular weight excluding hydrogens is 484 g/mol. The van der Waals surface area contributed by atoms with Crippen molar-refractivity contribution in [2.45, 2.75) is 32.7 Å². The van der Waals surface area contributed by atoms with Crippen LogP contribution in [0.4, 0.5) is 8.78 Å². The van der Waals surface area contributed by atoms with Crippen molar-refractivity contribution in [1.82, 2.24) is 19.5 Å². The highest BCUT2D eigenvalue weighted by Crippen LogP contribution is 2.30. The van der Waals surface area contributed by atoms with Crippen molar-refractivity contribution in [1.29, 1.82) is 0 Å². The minimum atomic E-state index is -0.500. The fourth-order valence-corrected chi connectivity index (χ4v) is 6.01. The van der Waals surface area contributed by atoms with Gasteiger partial charge in [-0.05, 0) is 74.5 Å². The third kappa shape index (κ3) is 4.76. The van der Waals surface area contributed by atoms with Crippen LogP contribution in [0.25, 0.3) is 5.65 Å². The standard InChI is InChI=1S/C30H29F2N5O/c1-18-34-29-9-8-23(17-37(29)35-18)30-24-13-21(6-7-22(24)14-33-30)28(38)12-20-10-19(15-36(2)16-20)11-25-26(31)4-3-5-27(25)32/h3-9,13,17,19-20H,10-12,14-16H2,1-2H3/t19-,20+/m1/s1. The van der Waals surface area contributed by atoms with Crippen LogP contribution in [-0.4, -0.2) is 51.1 Å². The normalized spacial score (nSPS) is 19.5. The molecule has 2 aromatic heterocycles.